The molecule has 4 aliphatic rings. The summed E-state index contributed by atoms with van der Waals surface area (Å²) in [5.74, 6) is 2.70. The summed E-state index contributed by atoms with van der Waals surface area (Å²) in [6, 6.07) is 3.12. The zero-order valence-electron chi connectivity index (χ0n) is 18.9. The van der Waals surface area contributed by atoms with Gasteiger partial charge in [-0.1, -0.05) is 0 Å². The summed E-state index contributed by atoms with van der Waals surface area (Å²) in [4.78, 5) is 25.1. The molecule has 4 saturated carbocycles. The van der Waals surface area contributed by atoms with E-state index in [0.717, 1.165) is 17.8 Å². The maximum Gasteiger partial charge on any atom is 0.338 e. The molecule has 31 heavy (non-hydrogen) atoms. The van der Waals surface area contributed by atoms with Gasteiger partial charge in [-0.2, -0.15) is 0 Å². The number of ether oxygens (including phenoxy) is 4. The van der Waals surface area contributed by atoms with E-state index in [1.807, 2.05) is 0 Å². The first-order chi connectivity index (χ1) is 14.9. The highest BCUT2D eigenvalue weighted by Crippen LogP contribution is 2.61. The fourth-order valence-electron chi connectivity index (χ4n) is 6.56. The van der Waals surface area contributed by atoms with Gasteiger partial charge in [0.05, 0.1) is 26.9 Å². The molecule has 1 atom stereocenters. The minimum Gasteiger partial charge on any atom is -0.493 e. The van der Waals surface area contributed by atoms with Crippen molar-refractivity contribution < 1.29 is 28.5 Å². The van der Waals surface area contributed by atoms with Gasteiger partial charge >= 0.3 is 5.97 Å². The van der Waals surface area contributed by atoms with Gasteiger partial charge in [0.15, 0.2) is 18.1 Å². The standard InChI is InChI=1S/C24H33NO6/c1-14(24-10-15-5-16(11-24)7-17(6-15)12-24)25-21(26)13-31-23(27)18-8-19(28-2)22(30-4)20(9-18)29-3/h8-9,14-17H,5-7,10-13H2,1-4H3,(H,25,26)/t14-,15?,16?,17?,24?/m1/s1. The first kappa shape index (κ1) is 21.8. The Labute approximate surface area is 183 Å². The van der Waals surface area contributed by atoms with E-state index in [9.17, 15) is 9.59 Å². The van der Waals surface area contributed by atoms with Gasteiger partial charge in [0.2, 0.25) is 5.75 Å². The van der Waals surface area contributed by atoms with Gasteiger partial charge in [-0.05, 0) is 80.8 Å². The zero-order chi connectivity index (χ0) is 22.2. The van der Waals surface area contributed by atoms with Crippen molar-refractivity contribution in [2.45, 2.75) is 51.5 Å². The summed E-state index contributed by atoms with van der Waals surface area (Å²) in [6.07, 6.45) is 7.74. The minimum absolute atomic E-state index is 0.0910. The average Bonchev–Trinajstić information content (AvgIpc) is 2.75. The van der Waals surface area contributed by atoms with Crippen LogP contribution in [0.1, 0.15) is 55.8 Å². The van der Waals surface area contributed by atoms with E-state index in [2.05, 4.69) is 12.2 Å². The van der Waals surface area contributed by atoms with Gasteiger partial charge in [-0.3, -0.25) is 4.79 Å². The maximum absolute atomic E-state index is 12.6. The fourth-order valence-corrected chi connectivity index (χ4v) is 6.56. The first-order valence-electron chi connectivity index (χ1n) is 11.1. The van der Waals surface area contributed by atoms with Crippen molar-refractivity contribution in [2.75, 3.05) is 27.9 Å². The van der Waals surface area contributed by atoms with E-state index < -0.39 is 5.97 Å². The molecule has 7 heteroatoms. The maximum atomic E-state index is 12.6. The smallest absolute Gasteiger partial charge is 0.338 e. The van der Waals surface area contributed by atoms with Crippen molar-refractivity contribution in [3.63, 3.8) is 0 Å². The number of hydrogen-bond donors (Lipinski definition) is 1. The van der Waals surface area contributed by atoms with E-state index >= 15 is 0 Å². The monoisotopic (exact) mass is 431 g/mol. The number of hydrogen-bond acceptors (Lipinski definition) is 6. The number of nitrogens with one attached hydrogen (secondary N) is 1. The third-order valence-electron chi connectivity index (χ3n) is 7.62. The van der Waals surface area contributed by atoms with Crippen LogP contribution in [0.4, 0.5) is 0 Å². The third-order valence-corrected chi connectivity index (χ3v) is 7.62. The van der Waals surface area contributed by atoms with Crippen LogP contribution in [-0.4, -0.2) is 45.9 Å². The largest absolute Gasteiger partial charge is 0.493 e. The van der Waals surface area contributed by atoms with Crippen LogP contribution in [-0.2, 0) is 9.53 Å². The second kappa shape index (κ2) is 8.60. The highest BCUT2D eigenvalue weighted by molar-refractivity contribution is 5.92. The molecule has 4 fully saturated rings. The highest BCUT2D eigenvalue weighted by Gasteiger charge is 2.53. The SMILES string of the molecule is COc1cc(C(=O)OCC(=O)N[C@H](C)C23CC4CC(CC(C4)C2)C3)cc(OC)c1OC. The molecule has 5 rings (SSSR count). The van der Waals surface area contributed by atoms with Crippen LogP contribution in [0.25, 0.3) is 0 Å². The predicted octanol–water partition coefficient (Wildman–Crippen LogP) is 3.59. The lowest BCUT2D eigenvalue weighted by molar-refractivity contribution is -0.128. The summed E-state index contributed by atoms with van der Waals surface area (Å²) >= 11 is 0. The summed E-state index contributed by atoms with van der Waals surface area (Å²) < 4.78 is 21.1. The molecular formula is C24H33NO6. The zero-order valence-corrected chi connectivity index (χ0v) is 18.9. The van der Waals surface area contributed by atoms with Crippen LogP contribution in [0.3, 0.4) is 0 Å². The Kier molecular flexibility index (Phi) is 6.04. The lowest BCUT2D eigenvalue weighted by atomic mass is 9.48. The molecule has 0 aliphatic heterocycles. The second-order valence-corrected chi connectivity index (χ2v) is 9.56. The molecule has 1 aromatic carbocycles. The van der Waals surface area contributed by atoms with Gasteiger partial charge in [0.1, 0.15) is 0 Å². The molecule has 1 aromatic rings. The number of esters is 1. The van der Waals surface area contributed by atoms with E-state index in [1.165, 1.54) is 72.0 Å². The van der Waals surface area contributed by atoms with Crippen LogP contribution in [0.5, 0.6) is 17.2 Å². The van der Waals surface area contributed by atoms with Crippen molar-refractivity contribution in [3.8, 4) is 17.2 Å². The topological polar surface area (TPSA) is 83.1 Å². The van der Waals surface area contributed by atoms with Gasteiger partial charge in [-0.25, -0.2) is 4.79 Å². The molecule has 0 saturated heterocycles. The lowest BCUT2D eigenvalue weighted by Gasteiger charge is -2.59. The Morgan fingerprint density at radius 1 is 0.968 bits per heavy atom. The van der Waals surface area contributed by atoms with Crippen LogP contribution in [0.2, 0.25) is 0 Å². The van der Waals surface area contributed by atoms with E-state index in [1.54, 1.807) is 0 Å². The van der Waals surface area contributed by atoms with E-state index in [4.69, 9.17) is 18.9 Å². The molecule has 0 heterocycles. The number of amides is 1. The average molecular weight is 432 g/mol. The van der Waals surface area contributed by atoms with Crippen LogP contribution in [0.15, 0.2) is 12.1 Å². The Bertz CT molecular complexity index is 790. The minimum atomic E-state index is -0.614. The van der Waals surface area contributed by atoms with Gasteiger partial charge in [-0.15, -0.1) is 0 Å². The molecular weight excluding hydrogens is 398 g/mol. The van der Waals surface area contributed by atoms with Crippen LogP contribution >= 0.6 is 0 Å². The van der Waals surface area contributed by atoms with Crippen molar-refractivity contribution >= 4 is 11.9 Å². The molecule has 4 aliphatic carbocycles. The number of carbonyl (C=O) groups is 2. The summed E-state index contributed by atoms with van der Waals surface area (Å²) in [6.45, 7) is 1.80. The molecule has 0 radical (unpaired) electrons. The number of benzene rings is 1. The predicted molar refractivity (Wildman–Crippen MR) is 115 cm³/mol. The summed E-state index contributed by atoms with van der Waals surface area (Å²) in [5.41, 5.74) is 0.446. The molecule has 1 amide bonds. The molecule has 0 aromatic heterocycles. The Morgan fingerprint density at radius 3 is 1.94 bits per heavy atom. The van der Waals surface area contributed by atoms with Crippen LogP contribution in [0, 0.1) is 23.2 Å². The fraction of sp³-hybridized carbons (Fsp3) is 0.667. The van der Waals surface area contributed by atoms with Gasteiger partial charge < -0.3 is 24.3 Å². The van der Waals surface area contributed by atoms with E-state index in [0.29, 0.717) is 17.2 Å². The van der Waals surface area contributed by atoms with Gasteiger partial charge in [0, 0.05) is 6.04 Å². The summed E-state index contributed by atoms with van der Waals surface area (Å²) in [5, 5.41) is 3.12. The molecule has 4 bridgehead atoms. The molecule has 1 N–H and O–H groups in total. The van der Waals surface area contributed by atoms with Crippen molar-refractivity contribution in [1.29, 1.82) is 0 Å². The van der Waals surface area contributed by atoms with Crippen molar-refractivity contribution in [2.24, 2.45) is 23.2 Å². The van der Waals surface area contributed by atoms with Crippen LogP contribution < -0.4 is 19.5 Å². The number of rotatable bonds is 8. The Hall–Kier alpha value is -2.44. The van der Waals surface area contributed by atoms with E-state index in [-0.39, 0.29) is 29.5 Å². The Balaban J connectivity index is 1.35. The molecule has 0 unspecified atom stereocenters. The highest BCUT2D eigenvalue weighted by atomic mass is 16.5. The summed E-state index contributed by atoms with van der Waals surface area (Å²) in [7, 11) is 4.45. The normalized spacial score (nSPS) is 29.2. The van der Waals surface area contributed by atoms with Crippen molar-refractivity contribution in [1.82, 2.24) is 5.32 Å². The number of methoxy groups -OCH3 is 3. The number of carbonyl (C=O) groups excluding carboxylic acids is 2. The Morgan fingerprint density at radius 2 is 1.48 bits per heavy atom. The second-order valence-electron chi connectivity index (χ2n) is 9.56. The quantitative estimate of drug-likeness (QED) is 0.634. The lowest BCUT2D eigenvalue weighted by Crippen LogP contribution is -2.56. The first-order valence-corrected chi connectivity index (χ1v) is 11.1. The molecule has 0 spiro atoms. The van der Waals surface area contributed by atoms with Gasteiger partial charge in [0.25, 0.3) is 5.91 Å². The van der Waals surface area contributed by atoms with Crippen molar-refractivity contribution in [3.05, 3.63) is 17.7 Å². The molecule has 170 valence electrons. The molecule has 7 nitrogen and oxygen atoms in total. The third kappa shape index (κ3) is 4.19.